The van der Waals surface area contributed by atoms with Crippen molar-refractivity contribution in [2.75, 3.05) is 10.6 Å². The van der Waals surface area contributed by atoms with Gasteiger partial charge in [0.1, 0.15) is 0 Å². The van der Waals surface area contributed by atoms with E-state index in [1.165, 1.54) is 11.3 Å². The number of anilines is 2. The molecule has 2 N–H and O–H groups in total. The molecule has 0 unspecified atom stereocenters. The van der Waals surface area contributed by atoms with Crippen molar-refractivity contribution in [2.24, 2.45) is 0 Å². The largest absolute Gasteiger partial charge is 0.321 e. The lowest BCUT2D eigenvalue weighted by Gasteiger charge is -2.22. The highest BCUT2D eigenvalue weighted by atomic mass is 32.1. The van der Waals surface area contributed by atoms with Gasteiger partial charge in [0.2, 0.25) is 5.91 Å². The van der Waals surface area contributed by atoms with Crippen molar-refractivity contribution in [3.8, 4) is 0 Å². The van der Waals surface area contributed by atoms with Gasteiger partial charge in [-0.25, -0.2) is 0 Å². The third-order valence-electron chi connectivity index (χ3n) is 4.59. The van der Waals surface area contributed by atoms with E-state index in [9.17, 15) is 9.59 Å². The minimum atomic E-state index is -0.134. The summed E-state index contributed by atoms with van der Waals surface area (Å²) in [6, 6.07) is 11.8. The van der Waals surface area contributed by atoms with Crippen LogP contribution in [0.2, 0.25) is 0 Å². The summed E-state index contributed by atoms with van der Waals surface area (Å²) in [6.07, 6.45) is 0.421. The quantitative estimate of drug-likeness (QED) is 0.658. The zero-order chi connectivity index (χ0) is 18.3. The number of hydrogen-bond donors (Lipinski definition) is 2. The lowest BCUT2D eigenvalue weighted by molar-refractivity contribution is -0.116. The lowest BCUT2D eigenvalue weighted by Crippen LogP contribution is -2.22. The topological polar surface area (TPSA) is 58.2 Å². The van der Waals surface area contributed by atoms with Crippen LogP contribution in [-0.2, 0) is 4.79 Å². The number of thiophene rings is 2. The molecule has 1 aliphatic heterocycles. The fourth-order valence-electron chi connectivity index (χ4n) is 3.28. The zero-order valence-electron chi connectivity index (χ0n) is 14.5. The second-order valence-corrected chi connectivity index (χ2v) is 8.44. The van der Waals surface area contributed by atoms with Crippen LogP contribution in [0.4, 0.5) is 10.7 Å². The van der Waals surface area contributed by atoms with E-state index in [0.29, 0.717) is 11.3 Å². The number of nitrogens with one attached hydrogen (secondary N) is 2. The molecule has 0 fully saturated rings. The van der Waals surface area contributed by atoms with Crippen LogP contribution < -0.4 is 10.6 Å². The third kappa shape index (κ3) is 3.06. The Kier molecular flexibility index (Phi) is 4.38. The van der Waals surface area contributed by atoms with Gasteiger partial charge in [-0.15, -0.1) is 22.7 Å². The summed E-state index contributed by atoms with van der Waals surface area (Å²) in [4.78, 5) is 26.8. The summed E-state index contributed by atoms with van der Waals surface area (Å²) < 4.78 is 0. The van der Waals surface area contributed by atoms with Gasteiger partial charge in [-0.1, -0.05) is 23.8 Å². The Balaban J connectivity index is 1.69. The molecule has 0 bridgehead atoms. The number of carbonyl (C=O) groups is 2. The molecule has 0 aliphatic carbocycles. The van der Waals surface area contributed by atoms with E-state index < -0.39 is 0 Å². The third-order valence-corrected chi connectivity index (χ3v) is 6.79. The van der Waals surface area contributed by atoms with Crippen LogP contribution in [0.5, 0.6) is 0 Å². The molecule has 4 nitrogen and oxygen atoms in total. The number of carbonyl (C=O) groups excluding carboxylic acids is 2. The summed E-state index contributed by atoms with van der Waals surface area (Å²) in [5.74, 6) is -0.108. The van der Waals surface area contributed by atoms with Crippen LogP contribution in [-0.4, -0.2) is 11.8 Å². The normalized spacial score (nSPS) is 16.1. The molecule has 4 rings (SSSR count). The van der Waals surface area contributed by atoms with Gasteiger partial charge < -0.3 is 10.6 Å². The van der Waals surface area contributed by atoms with Gasteiger partial charge in [0.25, 0.3) is 5.91 Å². The van der Waals surface area contributed by atoms with Crippen LogP contribution in [0.25, 0.3) is 0 Å². The van der Waals surface area contributed by atoms with E-state index in [4.69, 9.17) is 0 Å². The average molecular weight is 383 g/mol. The number of benzene rings is 1. The number of hydrogen-bond acceptors (Lipinski definition) is 4. The van der Waals surface area contributed by atoms with Gasteiger partial charge >= 0.3 is 0 Å². The summed E-state index contributed by atoms with van der Waals surface area (Å²) in [6.45, 7) is 3.98. The maximum atomic E-state index is 12.8. The highest BCUT2D eigenvalue weighted by Crippen LogP contribution is 2.46. The number of aryl methyl sites for hydroxylation is 1. The predicted octanol–water partition coefficient (Wildman–Crippen LogP) is 5.15. The highest BCUT2D eigenvalue weighted by molar-refractivity contribution is 7.18. The van der Waals surface area contributed by atoms with Crippen molar-refractivity contribution < 1.29 is 9.59 Å². The van der Waals surface area contributed by atoms with Gasteiger partial charge in [-0.3, -0.25) is 9.59 Å². The molecule has 1 aliphatic rings. The number of fused-ring (bicyclic) bond motifs is 1. The van der Waals surface area contributed by atoms with E-state index in [2.05, 4.69) is 16.7 Å². The number of rotatable bonds is 3. The molecule has 0 saturated heterocycles. The predicted molar refractivity (Wildman–Crippen MR) is 108 cm³/mol. The van der Waals surface area contributed by atoms with Crippen molar-refractivity contribution in [3.63, 3.8) is 0 Å². The SMILES string of the molecule is Cc1ccc(NC(=O)c2sc3c(c2C)[C@H](c2cccs2)CC(=O)N3)cc1. The molecule has 0 radical (unpaired) electrons. The lowest BCUT2D eigenvalue weighted by atomic mass is 9.89. The summed E-state index contributed by atoms with van der Waals surface area (Å²) >= 11 is 3.01. The maximum absolute atomic E-state index is 12.8. The van der Waals surface area contributed by atoms with Gasteiger partial charge in [0.05, 0.1) is 9.88 Å². The first-order chi connectivity index (χ1) is 12.5. The second-order valence-electron chi connectivity index (χ2n) is 6.44. The Labute approximate surface area is 159 Å². The molecule has 2 amide bonds. The molecular formula is C20H18N2O2S2. The molecule has 1 aromatic carbocycles. The molecular weight excluding hydrogens is 364 g/mol. The Morgan fingerprint density at radius 2 is 1.96 bits per heavy atom. The van der Waals surface area contributed by atoms with Crippen LogP contribution in [0, 0.1) is 13.8 Å². The standard InChI is InChI=1S/C20H18N2O2S2/c1-11-5-7-13(8-6-11)21-19(24)18-12(2)17-14(15-4-3-9-25-15)10-16(23)22-20(17)26-18/h3-9,14H,10H2,1-2H3,(H,21,24)(H,22,23)/t14-/m0/s1. The van der Waals surface area contributed by atoms with E-state index >= 15 is 0 Å². The molecule has 2 aromatic heterocycles. The first kappa shape index (κ1) is 17.0. The summed E-state index contributed by atoms with van der Waals surface area (Å²) in [5.41, 5.74) is 3.94. The maximum Gasteiger partial charge on any atom is 0.266 e. The van der Waals surface area contributed by atoms with Crippen LogP contribution in [0.15, 0.2) is 41.8 Å². The summed E-state index contributed by atoms with van der Waals surface area (Å²) in [7, 11) is 0. The van der Waals surface area contributed by atoms with Crippen LogP contribution >= 0.6 is 22.7 Å². The molecule has 0 spiro atoms. The van der Waals surface area contributed by atoms with Gasteiger partial charge in [0.15, 0.2) is 0 Å². The zero-order valence-corrected chi connectivity index (χ0v) is 16.1. The summed E-state index contributed by atoms with van der Waals surface area (Å²) in [5, 5.41) is 8.72. The van der Waals surface area contributed by atoms with Crippen LogP contribution in [0.1, 0.15) is 43.6 Å². The molecule has 6 heteroatoms. The van der Waals surface area contributed by atoms with E-state index in [-0.39, 0.29) is 17.7 Å². The minimum absolute atomic E-state index is 0.00245. The smallest absolute Gasteiger partial charge is 0.266 e. The molecule has 3 heterocycles. The second kappa shape index (κ2) is 6.70. The molecule has 3 aromatic rings. The monoisotopic (exact) mass is 382 g/mol. The van der Waals surface area contributed by atoms with Gasteiger partial charge in [-0.2, -0.15) is 0 Å². The van der Waals surface area contributed by atoms with Gasteiger partial charge in [-0.05, 0) is 48.6 Å². The van der Waals surface area contributed by atoms with Crippen molar-refractivity contribution in [2.45, 2.75) is 26.2 Å². The van der Waals surface area contributed by atoms with E-state index in [1.807, 2.05) is 49.6 Å². The molecule has 26 heavy (non-hydrogen) atoms. The Bertz CT molecular complexity index is 972. The van der Waals surface area contributed by atoms with E-state index in [1.54, 1.807) is 11.3 Å². The van der Waals surface area contributed by atoms with Crippen molar-refractivity contribution >= 4 is 45.2 Å². The fraction of sp³-hybridized carbons (Fsp3) is 0.200. The van der Waals surface area contributed by atoms with Crippen LogP contribution in [0.3, 0.4) is 0 Å². The average Bonchev–Trinajstić information content (AvgIpc) is 3.25. The minimum Gasteiger partial charge on any atom is -0.321 e. The first-order valence-electron chi connectivity index (χ1n) is 8.37. The van der Waals surface area contributed by atoms with Crippen molar-refractivity contribution in [3.05, 3.63) is 68.2 Å². The number of amides is 2. The first-order valence-corrected chi connectivity index (χ1v) is 10.1. The van der Waals surface area contributed by atoms with E-state index in [0.717, 1.165) is 32.3 Å². The molecule has 132 valence electrons. The van der Waals surface area contributed by atoms with Crippen molar-refractivity contribution in [1.82, 2.24) is 0 Å². The Morgan fingerprint density at radius 3 is 2.65 bits per heavy atom. The molecule has 1 atom stereocenters. The highest BCUT2D eigenvalue weighted by Gasteiger charge is 2.33. The Hall–Kier alpha value is -2.44. The molecule has 0 saturated carbocycles. The van der Waals surface area contributed by atoms with Crippen molar-refractivity contribution in [1.29, 1.82) is 0 Å². The Morgan fingerprint density at radius 1 is 1.19 bits per heavy atom. The van der Waals surface area contributed by atoms with Gasteiger partial charge in [0, 0.05) is 22.9 Å². The fourth-order valence-corrected chi connectivity index (χ4v) is 5.30.